The minimum atomic E-state index is -0.427. The van der Waals surface area contributed by atoms with Crippen LogP contribution in [0.25, 0.3) is 0 Å². The van der Waals surface area contributed by atoms with Crippen molar-refractivity contribution in [2.75, 3.05) is 39.3 Å². The van der Waals surface area contributed by atoms with Crippen molar-refractivity contribution in [2.45, 2.75) is 45.8 Å². The molecule has 1 amide bonds. The molecular weight excluding hydrogens is 358 g/mol. The molecule has 2 heterocycles. The van der Waals surface area contributed by atoms with Crippen molar-refractivity contribution in [1.82, 2.24) is 15.1 Å². The zero-order valence-electron chi connectivity index (χ0n) is 15.7. The summed E-state index contributed by atoms with van der Waals surface area (Å²) in [6.07, 6.45) is 0.896. The highest BCUT2D eigenvalue weighted by atomic mass is 35.5. The van der Waals surface area contributed by atoms with E-state index in [2.05, 4.69) is 23.2 Å². The lowest BCUT2D eigenvalue weighted by molar-refractivity contribution is 0.0144. The van der Waals surface area contributed by atoms with Crippen molar-refractivity contribution >= 4 is 29.0 Å². The number of nitrogens with one attached hydrogen (secondary N) is 1. The number of nitrogens with zero attached hydrogens (tertiary/aromatic N) is 2. The minimum absolute atomic E-state index is 0.197. The molecule has 7 heteroatoms. The lowest BCUT2D eigenvalue weighted by Gasteiger charge is -2.35. The Kier molecular flexibility index (Phi) is 7.55. The average molecular weight is 388 g/mol. The predicted octanol–water partition coefficient (Wildman–Crippen LogP) is 3.99. The lowest BCUT2D eigenvalue weighted by atomic mass is 10.2. The number of hydrogen-bond donors (Lipinski definition) is 1. The molecule has 0 bridgehead atoms. The summed E-state index contributed by atoms with van der Waals surface area (Å²) in [5.41, 5.74) is -0.427. The Morgan fingerprint density at radius 2 is 2.00 bits per heavy atom. The number of carbonyl (C=O) groups is 1. The first-order chi connectivity index (χ1) is 11.7. The minimum Gasteiger partial charge on any atom is -0.444 e. The molecule has 1 atom stereocenters. The second kappa shape index (κ2) is 9.21. The van der Waals surface area contributed by atoms with Gasteiger partial charge in [0, 0.05) is 37.1 Å². The van der Waals surface area contributed by atoms with Crippen LogP contribution in [-0.4, -0.2) is 60.8 Å². The number of amides is 1. The van der Waals surface area contributed by atoms with Gasteiger partial charge in [0.15, 0.2) is 0 Å². The molecule has 1 aromatic rings. The van der Waals surface area contributed by atoms with E-state index < -0.39 is 5.60 Å². The van der Waals surface area contributed by atoms with Gasteiger partial charge in [0.05, 0.1) is 4.34 Å². The van der Waals surface area contributed by atoms with Gasteiger partial charge in [-0.2, -0.15) is 0 Å². The Morgan fingerprint density at radius 3 is 2.56 bits per heavy atom. The number of hydrogen-bond acceptors (Lipinski definition) is 5. The van der Waals surface area contributed by atoms with Crippen LogP contribution in [0, 0.1) is 0 Å². The van der Waals surface area contributed by atoms with E-state index in [9.17, 15) is 4.79 Å². The molecule has 0 aliphatic carbocycles. The largest absolute Gasteiger partial charge is 0.444 e. The van der Waals surface area contributed by atoms with Gasteiger partial charge in [0.2, 0.25) is 0 Å². The van der Waals surface area contributed by atoms with Crippen LogP contribution in [-0.2, 0) is 4.74 Å². The number of thiophene rings is 1. The van der Waals surface area contributed by atoms with Crippen molar-refractivity contribution in [3.05, 3.63) is 21.3 Å². The fraction of sp³-hybridized carbons (Fsp3) is 0.722. The van der Waals surface area contributed by atoms with Crippen molar-refractivity contribution in [2.24, 2.45) is 0 Å². The van der Waals surface area contributed by atoms with Gasteiger partial charge in [0.25, 0.3) is 0 Å². The summed E-state index contributed by atoms with van der Waals surface area (Å²) >= 11 is 7.62. The van der Waals surface area contributed by atoms with Crippen molar-refractivity contribution in [1.29, 1.82) is 0 Å². The van der Waals surface area contributed by atoms with Gasteiger partial charge in [-0.05, 0) is 59.3 Å². The van der Waals surface area contributed by atoms with Gasteiger partial charge in [-0.3, -0.25) is 4.90 Å². The molecule has 1 unspecified atom stereocenters. The molecule has 25 heavy (non-hydrogen) atoms. The Hall–Kier alpha value is -0.820. The second-order valence-electron chi connectivity index (χ2n) is 7.48. The molecule has 1 aliphatic heterocycles. The quantitative estimate of drug-likeness (QED) is 0.749. The SMILES string of the molecule is CC(NCCCN1CCN(C(=O)OC(C)(C)C)CC1)c1ccc(Cl)s1. The molecule has 1 N–H and O–H groups in total. The Morgan fingerprint density at radius 1 is 1.32 bits per heavy atom. The van der Waals surface area contributed by atoms with Gasteiger partial charge in [-0.15, -0.1) is 11.3 Å². The van der Waals surface area contributed by atoms with Gasteiger partial charge < -0.3 is 15.0 Å². The molecule has 0 aromatic carbocycles. The predicted molar refractivity (Wildman–Crippen MR) is 105 cm³/mol. The summed E-state index contributed by atoms with van der Waals surface area (Å²) in [7, 11) is 0. The molecule has 0 saturated carbocycles. The fourth-order valence-corrected chi connectivity index (χ4v) is 3.85. The Bertz CT molecular complexity index is 551. The fourth-order valence-electron chi connectivity index (χ4n) is 2.76. The first-order valence-electron chi connectivity index (χ1n) is 8.93. The van der Waals surface area contributed by atoms with Gasteiger partial charge in [-0.1, -0.05) is 11.6 Å². The number of rotatable bonds is 6. The highest BCUT2D eigenvalue weighted by Gasteiger charge is 2.25. The summed E-state index contributed by atoms with van der Waals surface area (Å²) < 4.78 is 6.27. The summed E-state index contributed by atoms with van der Waals surface area (Å²) in [6.45, 7) is 13.2. The van der Waals surface area contributed by atoms with Gasteiger partial charge in [0.1, 0.15) is 5.60 Å². The van der Waals surface area contributed by atoms with E-state index in [4.69, 9.17) is 16.3 Å². The average Bonchev–Trinajstić information content (AvgIpc) is 2.97. The van der Waals surface area contributed by atoms with Crippen molar-refractivity contribution in [3.8, 4) is 0 Å². The molecule has 0 radical (unpaired) electrons. The lowest BCUT2D eigenvalue weighted by Crippen LogP contribution is -2.50. The van der Waals surface area contributed by atoms with Crippen LogP contribution in [0.3, 0.4) is 0 Å². The molecule has 0 spiro atoms. The van der Waals surface area contributed by atoms with E-state index in [1.165, 1.54) is 4.88 Å². The zero-order valence-corrected chi connectivity index (χ0v) is 17.3. The van der Waals surface area contributed by atoms with E-state index in [0.717, 1.165) is 50.0 Å². The van der Waals surface area contributed by atoms with Crippen LogP contribution in [0.5, 0.6) is 0 Å². The first kappa shape index (κ1) is 20.5. The van der Waals surface area contributed by atoms with Crippen LogP contribution >= 0.6 is 22.9 Å². The molecule has 5 nitrogen and oxygen atoms in total. The highest BCUT2D eigenvalue weighted by Crippen LogP contribution is 2.26. The smallest absolute Gasteiger partial charge is 0.410 e. The maximum Gasteiger partial charge on any atom is 0.410 e. The second-order valence-corrected chi connectivity index (χ2v) is 9.23. The van der Waals surface area contributed by atoms with E-state index in [-0.39, 0.29) is 6.09 Å². The molecule has 2 rings (SSSR count). The zero-order chi connectivity index (χ0) is 18.4. The third-order valence-corrected chi connectivity index (χ3v) is 5.56. The monoisotopic (exact) mass is 387 g/mol. The number of halogens is 1. The van der Waals surface area contributed by atoms with Gasteiger partial charge in [-0.25, -0.2) is 4.79 Å². The summed E-state index contributed by atoms with van der Waals surface area (Å²) in [5, 5.41) is 3.55. The first-order valence-corrected chi connectivity index (χ1v) is 10.1. The number of ether oxygens (including phenoxy) is 1. The standard InChI is InChI=1S/C18H30ClN3O2S/c1-14(15-6-7-16(19)25-15)20-8-5-9-21-10-12-22(13-11-21)17(23)24-18(2,3)4/h6-7,14,20H,5,8-13H2,1-4H3. The summed E-state index contributed by atoms with van der Waals surface area (Å²) in [4.78, 5) is 17.6. The summed E-state index contributed by atoms with van der Waals surface area (Å²) in [5.74, 6) is 0. The van der Waals surface area contributed by atoms with Gasteiger partial charge >= 0.3 is 6.09 Å². The van der Waals surface area contributed by atoms with Crippen LogP contribution in [0.4, 0.5) is 4.79 Å². The van der Waals surface area contributed by atoms with E-state index >= 15 is 0 Å². The van der Waals surface area contributed by atoms with E-state index in [1.54, 1.807) is 11.3 Å². The maximum atomic E-state index is 12.1. The highest BCUT2D eigenvalue weighted by molar-refractivity contribution is 7.16. The maximum absolute atomic E-state index is 12.1. The van der Waals surface area contributed by atoms with Crippen LogP contribution in [0.1, 0.15) is 45.0 Å². The van der Waals surface area contributed by atoms with E-state index in [1.807, 2.05) is 31.7 Å². The van der Waals surface area contributed by atoms with Crippen molar-refractivity contribution in [3.63, 3.8) is 0 Å². The van der Waals surface area contributed by atoms with Crippen LogP contribution in [0.15, 0.2) is 12.1 Å². The summed E-state index contributed by atoms with van der Waals surface area (Å²) in [6, 6.07) is 4.37. The van der Waals surface area contributed by atoms with E-state index in [0.29, 0.717) is 6.04 Å². The normalized spacial score (nSPS) is 17.6. The number of carbonyl (C=O) groups excluding carboxylic acids is 1. The third-order valence-electron chi connectivity index (χ3n) is 4.15. The Labute approximate surface area is 160 Å². The Balaban J connectivity index is 1.60. The molecule has 1 aromatic heterocycles. The third kappa shape index (κ3) is 7.13. The topological polar surface area (TPSA) is 44.8 Å². The molecule has 142 valence electrons. The molecule has 1 aliphatic rings. The molecule has 1 fully saturated rings. The molecule has 1 saturated heterocycles. The molecular formula is C18H30ClN3O2S. The van der Waals surface area contributed by atoms with Crippen molar-refractivity contribution < 1.29 is 9.53 Å². The number of piperazine rings is 1. The van der Waals surface area contributed by atoms with Crippen LogP contribution < -0.4 is 5.32 Å². The van der Waals surface area contributed by atoms with Crippen LogP contribution in [0.2, 0.25) is 4.34 Å².